The number of nitrogens with zero attached hydrogens (tertiary/aromatic N) is 1. The van der Waals surface area contributed by atoms with Gasteiger partial charge in [0.2, 0.25) is 5.91 Å². The Bertz CT molecular complexity index is 550. The number of ether oxygens (including phenoxy) is 1. The third-order valence-corrected chi connectivity index (χ3v) is 4.43. The molecular weight excluding hydrogens is 268 g/mol. The molecule has 0 radical (unpaired) electrons. The van der Waals surface area contributed by atoms with Gasteiger partial charge in [-0.2, -0.15) is 0 Å². The maximum absolute atomic E-state index is 12.7. The van der Waals surface area contributed by atoms with Crippen molar-refractivity contribution in [2.24, 2.45) is 11.7 Å². The normalized spacial score (nSPS) is 22.7. The number of hydrogen-bond donors (Lipinski definition) is 1. The molecular formula is C16H20N2O3. The molecule has 1 saturated heterocycles. The SMILES string of the molecule is NC(=O)C1CCN(C(=O)C2OCCc3ccccc32)CC1. The molecule has 2 N–H and O–H groups in total. The molecule has 2 heterocycles. The van der Waals surface area contributed by atoms with Crippen molar-refractivity contribution in [1.29, 1.82) is 0 Å². The van der Waals surface area contributed by atoms with E-state index in [4.69, 9.17) is 10.5 Å². The van der Waals surface area contributed by atoms with E-state index in [2.05, 4.69) is 6.07 Å². The highest BCUT2D eigenvalue weighted by molar-refractivity contribution is 5.83. The number of primary amides is 1. The van der Waals surface area contributed by atoms with Crippen molar-refractivity contribution in [3.8, 4) is 0 Å². The van der Waals surface area contributed by atoms with Crippen LogP contribution in [0.15, 0.2) is 24.3 Å². The topological polar surface area (TPSA) is 72.6 Å². The number of carbonyl (C=O) groups excluding carboxylic acids is 2. The molecule has 3 rings (SSSR count). The van der Waals surface area contributed by atoms with Crippen LogP contribution in [0.2, 0.25) is 0 Å². The Hall–Kier alpha value is -1.88. The van der Waals surface area contributed by atoms with Crippen LogP contribution in [0.1, 0.15) is 30.1 Å². The third kappa shape index (κ3) is 2.78. The lowest BCUT2D eigenvalue weighted by Gasteiger charge is -2.34. The van der Waals surface area contributed by atoms with Crippen LogP contribution in [0.4, 0.5) is 0 Å². The smallest absolute Gasteiger partial charge is 0.256 e. The Kier molecular flexibility index (Phi) is 3.92. The predicted molar refractivity (Wildman–Crippen MR) is 77.3 cm³/mol. The first-order valence-electron chi connectivity index (χ1n) is 7.44. The minimum absolute atomic E-state index is 0.00469. The summed E-state index contributed by atoms with van der Waals surface area (Å²) in [4.78, 5) is 25.7. The first-order chi connectivity index (χ1) is 10.2. The van der Waals surface area contributed by atoms with E-state index in [1.165, 1.54) is 5.56 Å². The highest BCUT2D eigenvalue weighted by Crippen LogP contribution is 2.30. The largest absolute Gasteiger partial charge is 0.369 e. The zero-order valence-electron chi connectivity index (χ0n) is 12.0. The lowest BCUT2D eigenvalue weighted by molar-refractivity contribution is -0.147. The summed E-state index contributed by atoms with van der Waals surface area (Å²) in [5, 5.41) is 0. The maximum atomic E-state index is 12.7. The molecule has 21 heavy (non-hydrogen) atoms. The quantitative estimate of drug-likeness (QED) is 0.883. The Balaban J connectivity index is 1.71. The van der Waals surface area contributed by atoms with Crippen LogP contribution in [0.3, 0.4) is 0 Å². The zero-order valence-corrected chi connectivity index (χ0v) is 12.0. The number of piperidine rings is 1. The van der Waals surface area contributed by atoms with Crippen LogP contribution in [-0.2, 0) is 20.7 Å². The molecule has 0 saturated carbocycles. The highest BCUT2D eigenvalue weighted by Gasteiger charge is 2.33. The zero-order chi connectivity index (χ0) is 14.8. The van der Waals surface area contributed by atoms with E-state index < -0.39 is 6.10 Å². The minimum Gasteiger partial charge on any atom is -0.369 e. The molecule has 1 atom stereocenters. The van der Waals surface area contributed by atoms with Gasteiger partial charge in [-0.1, -0.05) is 24.3 Å². The van der Waals surface area contributed by atoms with Crippen molar-refractivity contribution in [2.75, 3.05) is 19.7 Å². The van der Waals surface area contributed by atoms with Gasteiger partial charge in [-0.05, 0) is 30.4 Å². The molecule has 0 aromatic heterocycles. The van der Waals surface area contributed by atoms with Crippen molar-refractivity contribution in [3.05, 3.63) is 35.4 Å². The molecule has 2 aliphatic heterocycles. The molecule has 1 aromatic carbocycles. The number of fused-ring (bicyclic) bond motifs is 1. The summed E-state index contributed by atoms with van der Waals surface area (Å²) in [6, 6.07) is 7.95. The van der Waals surface area contributed by atoms with Gasteiger partial charge >= 0.3 is 0 Å². The number of benzene rings is 1. The highest BCUT2D eigenvalue weighted by atomic mass is 16.5. The minimum atomic E-state index is -0.500. The Morgan fingerprint density at radius 2 is 1.90 bits per heavy atom. The molecule has 0 spiro atoms. The summed E-state index contributed by atoms with van der Waals surface area (Å²) >= 11 is 0. The van der Waals surface area contributed by atoms with Gasteiger partial charge < -0.3 is 15.4 Å². The molecule has 0 aliphatic carbocycles. The molecule has 1 aromatic rings. The van der Waals surface area contributed by atoms with Crippen LogP contribution < -0.4 is 5.73 Å². The summed E-state index contributed by atoms with van der Waals surface area (Å²) in [5.41, 5.74) is 7.49. The van der Waals surface area contributed by atoms with Crippen molar-refractivity contribution < 1.29 is 14.3 Å². The van der Waals surface area contributed by atoms with Gasteiger partial charge in [-0.15, -0.1) is 0 Å². The van der Waals surface area contributed by atoms with Crippen LogP contribution in [-0.4, -0.2) is 36.4 Å². The van der Waals surface area contributed by atoms with E-state index >= 15 is 0 Å². The fourth-order valence-electron chi connectivity index (χ4n) is 3.15. The molecule has 1 unspecified atom stereocenters. The van der Waals surface area contributed by atoms with Gasteiger partial charge in [0.1, 0.15) is 0 Å². The average molecular weight is 288 g/mol. The number of likely N-dealkylation sites (tertiary alicyclic amines) is 1. The monoisotopic (exact) mass is 288 g/mol. The van der Waals surface area contributed by atoms with Gasteiger partial charge in [0.05, 0.1) is 6.61 Å². The molecule has 112 valence electrons. The average Bonchev–Trinajstić information content (AvgIpc) is 2.53. The molecule has 0 bridgehead atoms. The maximum Gasteiger partial charge on any atom is 0.256 e. The number of nitrogens with two attached hydrogens (primary N) is 1. The first-order valence-corrected chi connectivity index (χ1v) is 7.44. The molecule has 5 nitrogen and oxygen atoms in total. The summed E-state index contributed by atoms with van der Waals surface area (Å²) in [6.45, 7) is 1.73. The van der Waals surface area contributed by atoms with Gasteiger partial charge in [0.25, 0.3) is 5.91 Å². The number of amides is 2. The van der Waals surface area contributed by atoms with Crippen molar-refractivity contribution in [3.63, 3.8) is 0 Å². The van der Waals surface area contributed by atoms with E-state index in [0.717, 1.165) is 12.0 Å². The third-order valence-electron chi connectivity index (χ3n) is 4.43. The fourth-order valence-corrected chi connectivity index (χ4v) is 3.15. The molecule has 5 heteroatoms. The van der Waals surface area contributed by atoms with Crippen molar-refractivity contribution >= 4 is 11.8 Å². The lowest BCUT2D eigenvalue weighted by atomic mass is 9.93. The number of rotatable bonds is 2. The Labute approximate surface area is 124 Å². The Morgan fingerprint density at radius 3 is 2.62 bits per heavy atom. The van der Waals surface area contributed by atoms with Crippen LogP contribution in [0.5, 0.6) is 0 Å². The summed E-state index contributed by atoms with van der Waals surface area (Å²) < 4.78 is 5.71. The summed E-state index contributed by atoms with van der Waals surface area (Å²) in [6.07, 6.45) is 1.65. The van der Waals surface area contributed by atoms with E-state index in [-0.39, 0.29) is 17.7 Å². The van der Waals surface area contributed by atoms with Gasteiger partial charge in [0.15, 0.2) is 6.10 Å². The van der Waals surface area contributed by atoms with Gasteiger partial charge in [0, 0.05) is 19.0 Å². The second-order valence-corrected chi connectivity index (χ2v) is 5.70. The van der Waals surface area contributed by atoms with Gasteiger partial charge in [-0.3, -0.25) is 9.59 Å². The van der Waals surface area contributed by atoms with Crippen molar-refractivity contribution in [2.45, 2.75) is 25.4 Å². The van der Waals surface area contributed by atoms with Crippen LogP contribution in [0, 0.1) is 5.92 Å². The molecule has 1 fully saturated rings. The second kappa shape index (κ2) is 5.85. The van der Waals surface area contributed by atoms with E-state index in [0.29, 0.717) is 32.5 Å². The van der Waals surface area contributed by atoms with Crippen molar-refractivity contribution in [1.82, 2.24) is 4.90 Å². The predicted octanol–water partition coefficient (Wildman–Crippen LogP) is 1.02. The molecule has 2 aliphatic rings. The second-order valence-electron chi connectivity index (χ2n) is 5.70. The van der Waals surface area contributed by atoms with Gasteiger partial charge in [-0.25, -0.2) is 0 Å². The first kappa shape index (κ1) is 14.1. The summed E-state index contributed by atoms with van der Waals surface area (Å²) in [7, 11) is 0. The Morgan fingerprint density at radius 1 is 1.19 bits per heavy atom. The van der Waals surface area contributed by atoms with Crippen LogP contribution in [0.25, 0.3) is 0 Å². The lowest BCUT2D eigenvalue weighted by Crippen LogP contribution is -2.44. The van der Waals surface area contributed by atoms with E-state index in [1.807, 2.05) is 18.2 Å². The summed E-state index contributed by atoms with van der Waals surface area (Å²) in [5.74, 6) is -0.361. The number of carbonyl (C=O) groups is 2. The fraction of sp³-hybridized carbons (Fsp3) is 0.500. The van der Waals surface area contributed by atoms with E-state index in [1.54, 1.807) is 4.90 Å². The standard InChI is InChI=1S/C16H20N2O3/c17-15(19)12-5-8-18(9-6-12)16(20)14-13-4-2-1-3-11(13)7-10-21-14/h1-4,12,14H,5-10H2,(H2,17,19). The van der Waals surface area contributed by atoms with E-state index in [9.17, 15) is 9.59 Å². The molecule has 2 amide bonds. The number of hydrogen-bond acceptors (Lipinski definition) is 3. The van der Waals surface area contributed by atoms with Crippen LogP contribution >= 0.6 is 0 Å².